The minimum atomic E-state index is 0.135. The molecule has 0 saturated carbocycles. The van der Waals surface area contributed by atoms with Gasteiger partial charge in [0.25, 0.3) is 0 Å². The van der Waals surface area contributed by atoms with Gasteiger partial charge in [0.15, 0.2) is 0 Å². The Morgan fingerprint density at radius 2 is 1.86 bits per heavy atom. The SMILES string of the molecule is COc1ccc2c(c1)C(N)CCCC2Cc1ccccc1. The highest BCUT2D eigenvalue weighted by Crippen LogP contribution is 2.38. The zero-order valence-electron chi connectivity index (χ0n) is 12.6. The third kappa shape index (κ3) is 3.11. The quantitative estimate of drug-likeness (QED) is 0.856. The Bertz CT molecular complexity index is 594. The number of hydrogen-bond acceptors (Lipinski definition) is 2. The first-order valence-corrected chi connectivity index (χ1v) is 7.75. The lowest BCUT2D eigenvalue weighted by molar-refractivity contribution is 0.413. The Morgan fingerprint density at radius 3 is 2.62 bits per heavy atom. The van der Waals surface area contributed by atoms with Crippen molar-refractivity contribution in [2.24, 2.45) is 5.73 Å². The molecule has 2 nitrogen and oxygen atoms in total. The van der Waals surface area contributed by atoms with Gasteiger partial charge in [0.2, 0.25) is 0 Å². The van der Waals surface area contributed by atoms with Gasteiger partial charge < -0.3 is 10.5 Å². The van der Waals surface area contributed by atoms with E-state index in [1.54, 1.807) is 7.11 Å². The van der Waals surface area contributed by atoms with Crippen LogP contribution in [0, 0.1) is 0 Å². The number of rotatable bonds is 3. The van der Waals surface area contributed by atoms with E-state index in [1.807, 2.05) is 0 Å². The van der Waals surface area contributed by atoms with E-state index in [9.17, 15) is 0 Å². The molecule has 2 aromatic carbocycles. The van der Waals surface area contributed by atoms with E-state index in [0.29, 0.717) is 5.92 Å². The number of ether oxygens (including phenoxy) is 1. The first-order chi connectivity index (χ1) is 10.3. The average Bonchev–Trinajstić information content (AvgIpc) is 2.68. The second-order valence-electron chi connectivity index (χ2n) is 5.92. The Labute approximate surface area is 126 Å². The Balaban J connectivity index is 1.94. The van der Waals surface area contributed by atoms with Crippen molar-refractivity contribution in [2.75, 3.05) is 7.11 Å². The van der Waals surface area contributed by atoms with Crippen molar-refractivity contribution in [3.8, 4) is 5.75 Å². The molecule has 110 valence electrons. The highest BCUT2D eigenvalue weighted by atomic mass is 16.5. The molecule has 3 rings (SSSR count). The maximum atomic E-state index is 6.37. The maximum Gasteiger partial charge on any atom is 0.119 e. The van der Waals surface area contributed by atoms with E-state index in [-0.39, 0.29) is 6.04 Å². The van der Waals surface area contributed by atoms with Crippen LogP contribution < -0.4 is 10.5 Å². The van der Waals surface area contributed by atoms with Gasteiger partial charge in [-0.1, -0.05) is 42.8 Å². The highest BCUT2D eigenvalue weighted by Gasteiger charge is 2.23. The van der Waals surface area contributed by atoms with E-state index in [2.05, 4.69) is 48.5 Å². The van der Waals surface area contributed by atoms with E-state index in [1.165, 1.54) is 29.5 Å². The lowest BCUT2D eigenvalue weighted by Crippen LogP contribution is -2.12. The molecule has 0 aliphatic heterocycles. The topological polar surface area (TPSA) is 35.2 Å². The number of methoxy groups -OCH3 is 1. The van der Waals surface area contributed by atoms with Crippen LogP contribution >= 0.6 is 0 Å². The van der Waals surface area contributed by atoms with E-state index in [0.717, 1.165) is 18.6 Å². The van der Waals surface area contributed by atoms with Gasteiger partial charge in [-0.15, -0.1) is 0 Å². The summed E-state index contributed by atoms with van der Waals surface area (Å²) in [6.45, 7) is 0. The summed E-state index contributed by atoms with van der Waals surface area (Å²) in [7, 11) is 1.71. The molecule has 1 aliphatic rings. The molecular weight excluding hydrogens is 258 g/mol. The van der Waals surface area contributed by atoms with Crippen LogP contribution in [0.15, 0.2) is 48.5 Å². The van der Waals surface area contributed by atoms with Crippen LogP contribution in [0.5, 0.6) is 5.75 Å². The molecule has 0 saturated heterocycles. The smallest absolute Gasteiger partial charge is 0.119 e. The summed E-state index contributed by atoms with van der Waals surface area (Å²) in [5, 5.41) is 0. The van der Waals surface area contributed by atoms with Crippen LogP contribution in [0.4, 0.5) is 0 Å². The third-order valence-electron chi connectivity index (χ3n) is 4.53. The minimum absolute atomic E-state index is 0.135. The van der Waals surface area contributed by atoms with Gasteiger partial charge in [-0.05, 0) is 54.0 Å². The summed E-state index contributed by atoms with van der Waals surface area (Å²) < 4.78 is 5.37. The van der Waals surface area contributed by atoms with Gasteiger partial charge >= 0.3 is 0 Å². The summed E-state index contributed by atoms with van der Waals surface area (Å²) in [5.41, 5.74) is 10.5. The van der Waals surface area contributed by atoms with Gasteiger partial charge in [-0.2, -0.15) is 0 Å². The summed E-state index contributed by atoms with van der Waals surface area (Å²) in [4.78, 5) is 0. The molecule has 0 fully saturated rings. The molecule has 1 aliphatic carbocycles. The molecule has 2 aromatic rings. The number of nitrogens with two attached hydrogens (primary N) is 1. The standard InChI is InChI=1S/C19H23NO/c1-21-16-10-11-17-15(12-14-6-3-2-4-7-14)8-5-9-19(20)18(17)13-16/h2-4,6-7,10-11,13,15,19H,5,8-9,12,20H2,1H3. The van der Waals surface area contributed by atoms with Crippen molar-refractivity contribution in [1.29, 1.82) is 0 Å². The molecule has 0 spiro atoms. The molecule has 0 radical (unpaired) electrons. The van der Waals surface area contributed by atoms with E-state index in [4.69, 9.17) is 10.5 Å². The van der Waals surface area contributed by atoms with Gasteiger partial charge in [-0.25, -0.2) is 0 Å². The number of hydrogen-bond donors (Lipinski definition) is 1. The Morgan fingerprint density at radius 1 is 1.05 bits per heavy atom. The van der Waals surface area contributed by atoms with Crippen LogP contribution in [0.25, 0.3) is 0 Å². The number of fused-ring (bicyclic) bond motifs is 1. The average molecular weight is 281 g/mol. The van der Waals surface area contributed by atoms with Crippen molar-refractivity contribution in [3.63, 3.8) is 0 Å². The number of benzene rings is 2. The lowest BCUT2D eigenvalue weighted by atomic mass is 9.87. The Kier molecular flexibility index (Phi) is 4.26. The molecule has 2 unspecified atom stereocenters. The molecule has 0 aromatic heterocycles. The molecule has 0 heterocycles. The van der Waals surface area contributed by atoms with E-state index >= 15 is 0 Å². The van der Waals surface area contributed by atoms with Crippen LogP contribution in [-0.4, -0.2) is 7.11 Å². The molecule has 2 N–H and O–H groups in total. The largest absolute Gasteiger partial charge is 0.497 e. The van der Waals surface area contributed by atoms with Crippen LogP contribution in [0.1, 0.15) is 47.9 Å². The van der Waals surface area contributed by atoms with Crippen LogP contribution in [-0.2, 0) is 6.42 Å². The van der Waals surface area contributed by atoms with Crippen molar-refractivity contribution in [3.05, 3.63) is 65.2 Å². The zero-order chi connectivity index (χ0) is 14.7. The monoisotopic (exact) mass is 281 g/mol. The summed E-state index contributed by atoms with van der Waals surface area (Å²) in [6, 6.07) is 17.3. The molecular formula is C19H23NO. The Hall–Kier alpha value is -1.80. The fourth-order valence-electron chi connectivity index (χ4n) is 3.38. The maximum absolute atomic E-state index is 6.37. The van der Waals surface area contributed by atoms with Gasteiger partial charge in [0.1, 0.15) is 5.75 Å². The normalized spacial score (nSPS) is 21.4. The summed E-state index contributed by atoms with van der Waals surface area (Å²) >= 11 is 0. The van der Waals surface area contributed by atoms with Gasteiger partial charge in [0.05, 0.1) is 7.11 Å². The zero-order valence-corrected chi connectivity index (χ0v) is 12.6. The van der Waals surface area contributed by atoms with Gasteiger partial charge in [-0.3, -0.25) is 0 Å². The predicted molar refractivity (Wildman–Crippen MR) is 86.7 cm³/mol. The lowest BCUT2D eigenvalue weighted by Gasteiger charge is -2.20. The minimum Gasteiger partial charge on any atom is -0.497 e. The predicted octanol–water partition coefficient (Wildman–Crippen LogP) is 4.21. The van der Waals surface area contributed by atoms with Crippen molar-refractivity contribution < 1.29 is 4.74 Å². The van der Waals surface area contributed by atoms with Crippen LogP contribution in [0.2, 0.25) is 0 Å². The first kappa shape index (κ1) is 14.2. The highest BCUT2D eigenvalue weighted by molar-refractivity contribution is 5.41. The molecule has 0 amide bonds. The molecule has 2 atom stereocenters. The molecule has 21 heavy (non-hydrogen) atoms. The van der Waals surface area contributed by atoms with E-state index < -0.39 is 0 Å². The fourth-order valence-corrected chi connectivity index (χ4v) is 3.38. The van der Waals surface area contributed by atoms with Crippen molar-refractivity contribution in [1.82, 2.24) is 0 Å². The van der Waals surface area contributed by atoms with Crippen molar-refractivity contribution >= 4 is 0 Å². The van der Waals surface area contributed by atoms with Gasteiger partial charge in [0, 0.05) is 6.04 Å². The first-order valence-electron chi connectivity index (χ1n) is 7.75. The summed E-state index contributed by atoms with van der Waals surface area (Å²) in [6.07, 6.45) is 4.55. The fraction of sp³-hybridized carbons (Fsp3) is 0.368. The second kappa shape index (κ2) is 6.31. The van der Waals surface area contributed by atoms with Crippen LogP contribution in [0.3, 0.4) is 0 Å². The van der Waals surface area contributed by atoms with Crippen molar-refractivity contribution in [2.45, 2.75) is 37.6 Å². The second-order valence-corrected chi connectivity index (χ2v) is 5.92. The molecule has 2 heteroatoms. The summed E-state index contributed by atoms with van der Waals surface area (Å²) in [5.74, 6) is 1.46. The molecule has 0 bridgehead atoms. The third-order valence-corrected chi connectivity index (χ3v) is 4.53.